The molecule has 1 N–H and O–H groups in total. The van der Waals surface area contributed by atoms with Gasteiger partial charge in [0.2, 0.25) is 5.91 Å². The molecule has 4 nitrogen and oxygen atoms in total. The van der Waals surface area contributed by atoms with Crippen molar-refractivity contribution in [3.05, 3.63) is 11.6 Å². The lowest BCUT2D eigenvalue weighted by Crippen LogP contribution is -2.34. The van der Waals surface area contributed by atoms with Crippen LogP contribution in [0.3, 0.4) is 0 Å². The predicted molar refractivity (Wildman–Crippen MR) is 56.4 cm³/mol. The van der Waals surface area contributed by atoms with E-state index >= 15 is 0 Å². The fraction of sp³-hybridized carbons (Fsp3) is 0.636. The Hall–Kier alpha value is -1.32. The third-order valence-electron chi connectivity index (χ3n) is 2.71. The molecule has 1 amide bonds. The first-order valence-electron chi connectivity index (χ1n) is 5.02. The number of hydrogen-bond acceptors (Lipinski definition) is 2. The Morgan fingerprint density at radius 1 is 1.40 bits per heavy atom. The van der Waals surface area contributed by atoms with Crippen LogP contribution in [0.5, 0.6) is 0 Å². The molecule has 0 radical (unpaired) electrons. The second-order valence-corrected chi connectivity index (χ2v) is 4.60. The summed E-state index contributed by atoms with van der Waals surface area (Å²) in [6.07, 6.45) is 2.08. The maximum atomic E-state index is 11.6. The SMILES string of the molecule is CC(C)=CC(=O)N1CCC(C)(C(=O)O)C1. The van der Waals surface area contributed by atoms with Crippen LogP contribution in [-0.2, 0) is 9.59 Å². The zero-order chi connectivity index (χ0) is 11.6. The van der Waals surface area contributed by atoms with Crippen molar-refractivity contribution in [2.24, 2.45) is 5.41 Å². The summed E-state index contributed by atoms with van der Waals surface area (Å²) in [5.41, 5.74) is 0.162. The molecule has 1 aliphatic rings. The minimum absolute atomic E-state index is 0.0834. The number of allylic oxidation sites excluding steroid dienone is 1. The Labute approximate surface area is 89.6 Å². The summed E-state index contributed by atoms with van der Waals surface area (Å²) in [6.45, 7) is 6.23. The van der Waals surface area contributed by atoms with Gasteiger partial charge in [-0.1, -0.05) is 5.57 Å². The van der Waals surface area contributed by atoms with E-state index in [2.05, 4.69) is 0 Å². The molecule has 1 unspecified atom stereocenters. The largest absolute Gasteiger partial charge is 0.481 e. The monoisotopic (exact) mass is 211 g/mol. The molecule has 0 bridgehead atoms. The average Bonchev–Trinajstić information content (AvgIpc) is 2.48. The average molecular weight is 211 g/mol. The molecule has 1 atom stereocenters. The quantitative estimate of drug-likeness (QED) is 0.700. The molecule has 0 aromatic heterocycles. The standard InChI is InChI=1S/C11H17NO3/c1-8(2)6-9(13)12-5-4-11(3,7-12)10(14)15/h6H,4-5,7H2,1-3H3,(H,14,15). The third kappa shape index (κ3) is 2.58. The maximum absolute atomic E-state index is 11.6. The molecule has 1 saturated heterocycles. The number of amides is 1. The number of nitrogens with zero attached hydrogens (tertiary/aromatic N) is 1. The van der Waals surface area contributed by atoms with Crippen LogP contribution in [0.1, 0.15) is 27.2 Å². The number of rotatable bonds is 2. The maximum Gasteiger partial charge on any atom is 0.311 e. The lowest BCUT2D eigenvalue weighted by molar-refractivity contribution is -0.147. The first kappa shape index (κ1) is 11.8. The van der Waals surface area contributed by atoms with Crippen molar-refractivity contribution in [3.63, 3.8) is 0 Å². The second kappa shape index (κ2) is 4.04. The number of hydrogen-bond donors (Lipinski definition) is 1. The highest BCUT2D eigenvalue weighted by molar-refractivity contribution is 5.89. The second-order valence-electron chi connectivity index (χ2n) is 4.60. The molecule has 1 fully saturated rings. The molecule has 1 rings (SSSR count). The zero-order valence-corrected chi connectivity index (χ0v) is 9.41. The predicted octanol–water partition coefficient (Wildman–Crippen LogP) is 1.28. The summed E-state index contributed by atoms with van der Waals surface area (Å²) >= 11 is 0. The van der Waals surface area contributed by atoms with E-state index in [1.54, 1.807) is 17.9 Å². The van der Waals surface area contributed by atoms with Gasteiger partial charge in [0.05, 0.1) is 5.41 Å². The Morgan fingerprint density at radius 2 is 2.00 bits per heavy atom. The number of aliphatic carboxylic acids is 1. The highest BCUT2D eigenvalue weighted by atomic mass is 16.4. The van der Waals surface area contributed by atoms with Crippen LogP contribution < -0.4 is 0 Å². The van der Waals surface area contributed by atoms with E-state index in [4.69, 9.17) is 5.11 Å². The smallest absolute Gasteiger partial charge is 0.311 e. The first-order chi connectivity index (χ1) is 6.85. The fourth-order valence-corrected chi connectivity index (χ4v) is 1.66. The van der Waals surface area contributed by atoms with Crippen LogP contribution in [0.25, 0.3) is 0 Å². The summed E-state index contributed by atoms with van der Waals surface area (Å²) < 4.78 is 0. The van der Waals surface area contributed by atoms with Gasteiger partial charge in [0.25, 0.3) is 0 Å². The molecule has 84 valence electrons. The van der Waals surface area contributed by atoms with E-state index in [1.807, 2.05) is 13.8 Å². The van der Waals surface area contributed by atoms with Crippen molar-refractivity contribution in [1.29, 1.82) is 0 Å². The Morgan fingerprint density at radius 3 is 2.40 bits per heavy atom. The molecular formula is C11H17NO3. The highest BCUT2D eigenvalue weighted by Gasteiger charge is 2.41. The molecule has 0 aliphatic carbocycles. The van der Waals surface area contributed by atoms with Crippen LogP contribution in [0.2, 0.25) is 0 Å². The topological polar surface area (TPSA) is 57.6 Å². The van der Waals surface area contributed by atoms with E-state index in [-0.39, 0.29) is 5.91 Å². The lowest BCUT2D eigenvalue weighted by Gasteiger charge is -2.19. The van der Waals surface area contributed by atoms with Crippen LogP contribution in [0, 0.1) is 5.41 Å². The van der Waals surface area contributed by atoms with E-state index in [0.717, 1.165) is 5.57 Å². The van der Waals surface area contributed by atoms with Gasteiger partial charge >= 0.3 is 5.97 Å². The number of carboxylic acid groups (broad SMARTS) is 1. The van der Waals surface area contributed by atoms with Crippen molar-refractivity contribution in [2.75, 3.05) is 13.1 Å². The Balaban J connectivity index is 2.68. The van der Waals surface area contributed by atoms with E-state index < -0.39 is 11.4 Å². The van der Waals surface area contributed by atoms with Crippen molar-refractivity contribution < 1.29 is 14.7 Å². The van der Waals surface area contributed by atoms with Crippen LogP contribution in [-0.4, -0.2) is 35.0 Å². The van der Waals surface area contributed by atoms with E-state index in [1.165, 1.54) is 0 Å². The highest BCUT2D eigenvalue weighted by Crippen LogP contribution is 2.30. The summed E-state index contributed by atoms with van der Waals surface area (Å²) in [6, 6.07) is 0. The lowest BCUT2D eigenvalue weighted by atomic mass is 9.90. The Kier molecular flexibility index (Phi) is 3.17. The van der Waals surface area contributed by atoms with Crippen molar-refractivity contribution >= 4 is 11.9 Å². The third-order valence-corrected chi connectivity index (χ3v) is 2.71. The van der Waals surface area contributed by atoms with Gasteiger partial charge in [-0.05, 0) is 27.2 Å². The zero-order valence-electron chi connectivity index (χ0n) is 9.41. The molecule has 1 aliphatic heterocycles. The molecule has 4 heteroatoms. The fourth-order valence-electron chi connectivity index (χ4n) is 1.66. The number of carbonyl (C=O) groups excluding carboxylic acids is 1. The normalized spacial score (nSPS) is 25.1. The van der Waals surface area contributed by atoms with Crippen molar-refractivity contribution in [3.8, 4) is 0 Å². The molecule has 0 aromatic carbocycles. The van der Waals surface area contributed by atoms with Gasteiger partial charge in [0.1, 0.15) is 0 Å². The van der Waals surface area contributed by atoms with Crippen molar-refractivity contribution in [2.45, 2.75) is 27.2 Å². The minimum atomic E-state index is -0.824. The van der Waals surface area contributed by atoms with Gasteiger partial charge in [0, 0.05) is 19.2 Å². The molecular weight excluding hydrogens is 194 g/mol. The van der Waals surface area contributed by atoms with Crippen LogP contribution in [0.15, 0.2) is 11.6 Å². The van der Waals surface area contributed by atoms with E-state index in [9.17, 15) is 9.59 Å². The van der Waals surface area contributed by atoms with Gasteiger partial charge in [-0.3, -0.25) is 9.59 Å². The molecule has 1 heterocycles. The summed E-state index contributed by atoms with van der Waals surface area (Å²) in [4.78, 5) is 24.2. The molecule has 0 aromatic rings. The van der Waals surface area contributed by atoms with E-state index in [0.29, 0.717) is 19.5 Å². The summed E-state index contributed by atoms with van der Waals surface area (Å²) in [5, 5.41) is 9.00. The van der Waals surface area contributed by atoms with Gasteiger partial charge in [-0.15, -0.1) is 0 Å². The Bertz CT molecular complexity index is 318. The summed E-state index contributed by atoms with van der Waals surface area (Å²) in [7, 11) is 0. The van der Waals surface area contributed by atoms with Gasteiger partial charge < -0.3 is 10.0 Å². The van der Waals surface area contributed by atoms with Crippen LogP contribution in [0.4, 0.5) is 0 Å². The van der Waals surface area contributed by atoms with Crippen molar-refractivity contribution in [1.82, 2.24) is 4.90 Å². The number of likely N-dealkylation sites (tertiary alicyclic amines) is 1. The van der Waals surface area contributed by atoms with Crippen LogP contribution >= 0.6 is 0 Å². The minimum Gasteiger partial charge on any atom is -0.481 e. The van der Waals surface area contributed by atoms with Gasteiger partial charge in [-0.2, -0.15) is 0 Å². The van der Waals surface area contributed by atoms with Gasteiger partial charge in [-0.25, -0.2) is 0 Å². The summed E-state index contributed by atoms with van der Waals surface area (Å²) in [5.74, 6) is -0.907. The number of carboxylic acids is 1. The first-order valence-corrected chi connectivity index (χ1v) is 5.02. The molecule has 15 heavy (non-hydrogen) atoms. The number of carbonyl (C=O) groups is 2. The molecule has 0 spiro atoms. The molecule has 0 saturated carbocycles. The van der Waals surface area contributed by atoms with Gasteiger partial charge in [0.15, 0.2) is 0 Å².